The van der Waals surface area contributed by atoms with E-state index in [1.165, 1.54) is 6.42 Å². The first-order valence-electron chi connectivity index (χ1n) is 4.85. The highest BCUT2D eigenvalue weighted by molar-refractivity contribution is 5.77. The van der Waals surface area contributed by atoms with Crippen LogP contribution in [0, 0.1) is 0 Å². The van der Waals surface area contributed by atoms with Gasteiger partial charge in [-0.2, -0.15) is 0 Å². The molecule has 0 spiro atoms. The largest absolute Gasteiger partial charge is 0.388 e. The summed E-state index contributed by atoms with van der Waals surface area (Å²) < 4.78 is 0. The van der Waals surface area contributed by atoms with Crippen molar-refractivity contribution in [3.05, 3.63) is 0 Å². The predicted molar refractivity (Wildman–Crippen MR) is 53.6 cm³/mol. The van der Waals surface area contributed by atoms with Gasteiger partial charge in [-0.1, -0.05) is 19.3 Å². The highest BCUT2D eigenvalue weighted by atomic mass is 16.3. The minimum absolute atomic E-state index is 0.402. The molecule has 0 aromatic carbocycles. The first kappa shape index (κ1) is 10.3. The standard InChI is InChI=1S/C9H19N3O/c1-11-8(10)12-7-9(13)5-3-2-4-6-9/h13H,2-7H2,1H3,(H3,10,11,12). The van der Waals surface area contributed by atoms with Crippen LogP contribution in [0.25, 0.3) is 0 Å². The maximum atomic E-state index is 10.0. The van der Waals surface area contributed by atoms with E-state index >= 15 is 0 Å². The Labute approximate surface area is 79.2 Å². The van der Waals surface area contributed by atoms with Gasteiger partial charge in [0.15, 0.2) is 5.96 Å². The molecule has 4 nitrogen and oxygen atoms in total. The summed E-state index contributed by atoms with van der Waals surface area (Å²) in [6.07, 6.45) is 5.20. The van der Waals surface area contributed by atoms with Gasteiger partial charge < -0.3 is 16.2 Å². The Kier molecular flexibility index (Phi) is 3.54. The molecule has 0 heterocycles. The molecule has 0 aliphatic heterocycles. The van der Waals surface area contributed by atoms with Crippen LogP contribution in [-0.4, -0.2) is 30.3 Å². The van der Waals surface area contributed by atoms with Crippen molar-refractivity contribution in [3.8, 4) is 0 Å². The Morgan fingerprint density at radius 2 is 2.08 bits per heavy atom. The van der Waals surface area contributed by atoms with Gasteiger partial charge in [0.05, 0.1) is 5.60 Å². The molecule has 0 aromatic heterocycles. The predicted octanol–water partition coefficient (Wildman–Crippen LogP) is 0.216. The minimum Gasteiger partial charge on any atom is -0.388 e. The maximum Gasteiger partial charge on any atom is 0.188 e. The molecule has 0 unspecified atom stereocenters. The van der Waals surface area contributed by atoms with E-state index in [9.17, 15) is 5.11 Å². The second-order valence-electron chi connectivity index (χ2n) is 3.75. The molecule has 1 fully saturated rings. The Bertz CT molecular complexity index is 185. The molecule has 76 valence electrons. The van der Waals surface area contributed by atoms with E-state index in [0.717, 1.165) is 25.7 Å². The molecule has 1 aliphatic rings. The van der Waals surface area contributed by atoms with Crippen molar-refractivity contribution >= 4 is 5.96 Å². The van der Waals surface area contributed by atoms with Gasteiger partial charge in [0.1, 0.15) is 0 Å². The molecule has 0 atom stereocenters. The second-order valence-corrected chi connectivity index (χ2v) is 3.75. The van der Waals surface area contributed by atoms with E-state index in [1.54, 1.807) is 7.05 Å². The summed E-state index contributed by atoms with van der Waals surface area (Å²) in [5, 5.41) is 13.0. The van der Waals surface area contributed by atoms with E-state index in [0.29, 0.717) is 12.5 Å². The van der Waals surface area contributed by atoms with Gasteiger partial charge in [-0.3, -0.25) is 4.99 Å². The summed E-state index contributed by atoms with van der Waals surface area (Å²) >= 11 is 0. The lowest BCUT2D eigenvalue weighted by atomic mass is 9.85. The van der Waals surface area contributed by atoms with E-state index in [4.69, 9.17) is 5.73 Å². The molecule has 4 N–H and O–H groups in total. The lowest BCUT2D eigenvalue weighted by Gasteiger charge is -2.32. The number of aliphatic imine (C=N–C) groups is 1. The molecule has 1 rings (SSSR count). The van der Waals surface area contributed by atoms with Crippen LogP contribution in [0.1, 0.15) is 32.1 Å². The zero-order valence-electron chi connectivity index (χ0n) is 8.21. The van der Waals surface area contributed by atoms with Gasteiger partial charge in [0.2, 0.25) is 0 Å². The fourth-order valence-electron chi connectivity index (χ4n) is 1.72. The van der Waals surface area contributed by atoms with Gasteiger partial charge in [0, 0.05) is 13.6 Å². The summed E-state index contributed by atoms with van der Waals surface area (Å²) in [4.78, 5) is 3.78. The molecule has 1 saturated carbocycles. The Morgan fingerprint density at radius 1 is 1.46 bits per heavy atom. The summed E-state index contributed by atoms with van der Waals surface area (Å²) in [6, 6.07) is 0. The van der Waals surface area contributed by atoms with Crippen LogP contribution >= 0.6 is 0 Å². The molecule has 0 amide bonds. The van der Waals surface area contributed by atoms with Crippen molar-refractivity contribution in [2.24, 2.45) is 10.7 Å². The number of hydrogen-bond acceptors (Lipinski definition) is 2. The third kappa shape index (κ3) is 3.22. The smallest absolute Gasteiger partial charge is 0.188 e. The molecule has 0 radical (unpaired) electrons. The van der Waals surface area contributed by atoms with Crippen molar-refractivity contribution < 1.29 is 5.11 Å². The first-order chi connectivity index (χ1) is 6.16. The van der Waals surface area contributed by atoms with Gasteiger partial charge in [-0.05, 0) is 12.8 Å². The SMILES string of the molecule is CN=C(N)NCC1(O)CCCCC1. The average Bonchev–Trinajstić information content (AvgIpc) is 2.15. The van der Waals surface area contributed by atoms with Crippen LogP contribution in [-0.2, 0) is 0 Å². The number of nitrogens with zero attached hydrogens (tertiary/aromatic N) is 1. The summed E-state index contributed by atoms with van der Waals surface area (Å²) in [5.74, 6) is 0.402. The fourth-order valence-corrected chi connectivity index (χ4v) is 1.72. The highest BCUT2D eigenvalue weighted by Crippen LogP contribution is 2.26. The van der Waals surface area contributed by atoms with E-state index in [2.05, 4.69) is 10.3 Å². The number of hydrogen-bond donors (Lipinski definition) is 3. The van der Waals surface area contributed by atoms with Crippen molar-refractivity contribution in [1.29, 1.82) is 0 Å². The number of nitrogens with one attached hydrogen (secondary N) is 1. The van der Waals surface area contributed by atoms with E-state index < -0.39 is 5.60 Å². The van der Waals surface area contributed by atoms with Crippen molar-refractivity contribution in [3.63, 3.8) is 0 Å². The minimum atomic E-state index is -0.562. The topological polar surface area (TPSA) is 70.6 Å². The molecular formula is C9H19N3O. The summed E-state index contributed by atoms with van der Waals surface area (Å²) in [6.45, 7) is 0.524. The zero-order valence-corrected chi connectivity index (χ0v) is 8.21. The first-order valence-corrected chi connectivity index (χ1v) is 4.85. The Morgan fingerprint density at radius 3 is 2.62 bits per heavy atom. The average molecular weight is 185 g/mol. The summed E-state index contributed by atoms with van der Waals surface area (Å²) in [5.41, 5.74) is 4.91. The van der Waals surface area contributed by atoms with Crippen molar-refractivity contribution in [2.45, 2.75) is 37.7 Å². The van der Waals surface area contributed by atoms with Gasteiger partial charge in [-0.25, -0.2) is 0 Å². The van der Waals surface area contributed by atoms with Crippen LogP contribution in [0.5, 0.6) is 0 Å². The van der Waals surface area contributed by atoms with Crippen LogP contribution in [0.3, 0.4) is 0 Å². The number of nitrogens with two attached hydrogens (primary N) is 1. The number of guanidine groups is 1. The molecule has 0 saturated heterocycles. The Balaban J connectivity index is 2.33. The molecular weight excluding hydrogens is 166 g/mol. The molecule has 0 aromatic rings. The second kappa shape index (κ2) is 4.46. The van der Waals surface area contributed by atoms with E-state index in [1.807, 2.05) is 0 Å². The fraction of sp³-hybridized carbons (Fsp3) is 0.889. The third-order valence-corrected chi connectivity index (χ3v) is 2.62. The van der Waals surface area contributed by atoms with E-state index in [-0.39, 0.29) is 0 Å². The molecule has 4 heteroatoms. The van der Waals surface area contributed by atoms with Crippen LogP contribution in [0.2, 0.25) is 0 Å². The highest BCUT2D eigenvalue weighted by Gasteiger charge is 2.28. The van der Waals surface area contributed by atoms with Crippen molar-refractivity contribution in [2.75, 3.05) is 13.6 Å². The lowest BCUT2D eigenvalue weighted by molar-refractivity contribution is 0.00871. The van der Waals surface area contributed by atoms with Gasteiger partial charge in [-0.15, -0.1) is 0 Å². The lowest BCUT2D eigenvalue weighted by Crippen LogP contribution is -2.46. The monoisotopic (exact) mass is 185 g/mol. The van der Waals surface area contributed by atoms with Crippen LogP contribution in [0.4, 0.5) is 0 Å². The number of rotatable bonds is 2. The Hall–Kier alpha value is -0.770. The van der Waals surface area contributed by atoms with Crippen molar-refractivity contribution in [1.82, 2.24) is 5.32 Å². The third-order valence-electron chi connectivity index (χ3n) is 2.62. The number of aliphatic hydroxyl groups is 1. The molecule has 13 heavy (non-hydrogen) atoms. The van der Waals surface area contributed by atoms with Gasteiger partial charge in [0.25, 0.3) is 0 Å². The molecule has 1 aliphatic carbocycles. The van der Waals surface area contributed by atoms with Gasteiger partial charge >= 0.3 is 0 Å². The quantitative estimate of drug-likeness (QED) is 0.425. The summed E-state index contributed by atoms with van der Waals surface area (Å²) in [7, 11) is 1.63. The normalized spacial score (nSPS) is 22.8. The maximum absolute atomic E-state index is 10.0. The molecule has 0 bridgehead atoms. The van der Waals surface area contributed by atoms with Crippen LogP contribution < -0.4 is 11.1 Å². The van der Waals surface area contributed by atoms with Crippen LogP contribution in [0.15, 0.2) is 4.99 Å². The zero-order chi connectivity index (χ0) is 9.73.